The van der Waals surface area contributed by atoms with Gasteiger partial charge in [-0.25, -0.2) is 0 Å². The highest BCUT2D eigenvalue weighted by molar-refractivity contribution is 6.35. The Hall–Kier alpha value is -0.930. The van der Waals surface area contributed by atoms with Crippen LogP contribution in [0.5, 0.6) is 11.5 Å². The molecule has 0 aliphatic carbocycles. The van der Waals surface area contributed by atoms with Gasteiger partial charge in [0.15, 0.2) is 0 Å². The van der Waals surface area contributed by atoms with E-state index in [0.717, 1.165) is 18.4 Å². The van der Waals surface area contributed by atoms with Crippen molar-refractivity contribution in [1.82, 2.24) is 0 Å². The van der Waals surface area contributed by atoms with E-state index in [9.17, 15) is 0 Å². The number of hydrogen-bond acceptors (Lipinski definition) is 2. The van der Waals surface area contributed by atoms with Gasteiger partial charge in [0.1, 0.15) is 11.5 Å². The van der Waals surface area contributed by atoms with Crippen molar-refractivity contribution in [3.05, 3.63) is 57.0 Å². The molecule has 0 aromatic heterocycles. The Morgan fingerprint density at radius 2 is 1.81 bits per heavy atom. The lowest BCUT2D eigenvalue weighted by molar-refractivity contribution is 0.482. The van der Waals surface area contributed by atoms with E-state index in [1.807, 2.05) is 12.1 Å². The van der Waals surface area contributed by atoms with Gasteiger partial charge in [-0.15, -0.1) is 0 Å². The molecule has 0 aliphatic heterocycles. The van der Waals surface area contributed by atoms with Gasteiger partial charge in [0.2, 0.25) is 0 Å². The molecule has 2 N–H and O–H groups in total. The summed E-state index contributed by atoms with van der Waals surface area (Å²) in [7, 11) is 0. The molecule has 2 aromatic rings. The van der Waals surface area contributed by atoms with E-state index in [2.05, 4.69) is 6.92 Å². The zero-order chi connectivity index (χ0) is 15.4. The molecule has 2 nitrogen and oxygen atoms in total. The maximum Gasteiger partial charge on any atom is 0.146 e. The third-order valence-corrected chi connectivity index (χ3v) is 4.04. The van der Waals surface area contributed by atoms with Crippen molar-refractivity contribution >= 4 is 34.8 Å². The molecule has 21 heavy (non-hydrogen) atoms. The minimum Gasteiger partial charge on any atom is -0.456 e. The van der Waals surface area contributed by atoms with Crippen LogP contribution in [0.1, 0.15) is 18.9 Å². The second kappa shape index (κ2) is 7.37. The van der Waals surface area contributed by atoms with Crippen LogP contribution in [0.25, 0.3) is 0 Å². The maximum atomic E-state index is 6.27. The summed E-state index contributed by atoms with van der Waals surface area (Å²) in [6.07, 6.45) is 1.66. The number of halogens is 3. The van der Waals surface area contributed by atoms with E-state index < -0.39 is 0 Å². The Balaban J connectivity index is 2.16. The predicted molar refractivity (Wildman–Crippen MR) is 90.0 cm³/mol. The van der Waals surface area contributed by atoms with Crippen LogP contribution in [0.15, 0.2) is 36.4 Å². The molecule has 0 fully saturated rings. The van der Waals surface area contributed by atoms with Crippen molar-refractivity contribution in [3.63, 3.8) is 0 Å². The first kappa shape index (κ1) is 16.4. The third-order valence-electron chi connectivity index (χ3n) is 3.15. The molecule has 112 valence electrons. The number of ether oxygens (including phenoxy) is 1. The summed E-state index contributed by atoms with van der Waals surface area (Å²) in [6, 6.07) is 10.7. The van der Waals surface area contributed by atoms with Crippen LogP contribution in [0.2, 0.25) is 15.1 Å². The summed E-state index contributed by atoms with van der Waals surface area (Å²) in [4.78, 5) is 0. The van der Waals surface area contributed by atoms with E-state index in [1.54, 1.807) is 24.3 Å². The minimum absolute atomic E-state index is 0.111. The van der Waals surface area contributed by atoms with Gasteiger partial charge in [0.05, 0.1) is 5.02 Å². The highest BCUT2D eigenvalue weighted by atomic mass is 35.5. The summed E-state index contributed by atoms with van der Waals surface area (Å²) >= 11 is 18.2. The molecular weight excluding hydrogens is 329 g/mol. The molecular formula is C16H16Cl3NO. The maximum absolute atomic E-state index is 6.27. The molecule has 2 aromatic carbocycles. The van der Waals surface area contributed by atoms with Crippen molar-refractivity contribution in [2.75, 3.05) is 0 Å². The molecule has 0 spiro atoms. The van der Waals surface area contributed by atoms with Gasteiger partial charge in [-0.2, -0.15) is 0 Å². The molecule has 1 atom stereocenters. The third kappa shape index (κ3) is 4.52. The Morgan fingerprint density at radius 3 is 2.43 bits per heavy atom. The highest BCUT2D eigenvalue weighted by Crippen LogP contribution is 2.33. The normalized spacial score (nSPS) is 12.2. The average Bonchev–Trinajstić information content (AvgIpc) is 2.44. The average molecular weight is 345 g/mol. The fourth-order valence-electron chi connectivity index (χ4n) is 1.87. The van der Waals surface area contributed by atoms with Crippen molar-refractivity contribution < 1.29 is 4.74 Å². The Bertz CT molecular complexity index is 631. The summed E-state index contributed by atoms with van der Waals surface area (Å²) in [5.41, 5.74) is 6.96. The molecule has 0 amide bonds. The fraction of sp³-hybridized carbons (Fsp3) is 0.250. The SMILES string of the molecule is CCC(N)Cc1ccc(Oc2ccc(Cl)cc2Cl)cc1Cl. The van der Waals surface area contributed by atoms with Crippen LogP contribution >= 0.6 is 34.8 Å². The largest absolute Gasteiger partial charge is 0.456 e. The van der Waals surface area contributed by atoms with Crippen LogP contribution in [0, 0.1) is 0 Å². The zero-order valence-electron chi connectivity index (χ0n) is 11.6. The van der Waals surface area contributed by atoms with Gasteiger partial charge in [-0.1, -0.05) is 47.8 Å². The summed E-state index contributed by atoms with van der Waals surface area (Å²) in [5.74, 6) is 1.16. The first-order valence-electron chi connectivity index (χ1n) is 6.66. The van der Waals surface area contributed by atoms with Crippen molar-refractivity contribution in [3.8, 4) is 11.5 Å². The van der Waals surface area contributed by atoms with Gasteiger partial charge in [0.25, 0.3) is 0 Å². The standard InChI is InChI=1S/C16H16Cl3NO/c1-2-12(20)7-10-3-5-13(9-14(10)18)21-16-6-4-11(17)8-15(16)19/h3-6,8-9,12H,2,7,20H2,1H3. The molecule has 0 bridgehead atoms. The van der Waals surface area contributed by atoms with Gasteiger partial charge < -0.3 is 10.5 Å². The Kier molecular flexibility index (Phi) is 5.77. The predicted octanol–water partition coefficient (Wildman–Crippen LogP) is 5.72. The van der Waals surface area contributed by atoms with E-state index in [4.69, 9.17) is 45.3 Å². The second-order valence-electron chi connectivity index (χ2n) is 4.80. The lowest BCUT2D eigenvalue weighted by Gasteiger charge is -2.12. The van der Waals surface area contributed by atoms with Gasteiger partial charge in [-0.05, 0) is 48.7 Å². The molecule has 1 unspecified atom stereocenters. The topological polar surface area (TPSA) is 35.2 Å². The molecule has 2 rings (SSSR count). The van der Waals surface area contributed by atoms with Crippen LogP contribution < -0.4 is 10.5 Å². The molecule has 0 aliphatic rings. The van der Waals surface area contributed by atoms with Crippen LogP contribution in [-0.4, -0.2) is 6.04 Å². The van der Waals surface area contributed by atoms with Crippen LogP contribution in [0.3, 0.4) is 0 Å². The number of hydrogen-bond donors (Lipinski definition) is 1. The Morgan fingerprint density at radius 1 is 1.05 bits per heavy atom. The van der Waals surface area contributed by atoms with E-state index >= 15 is 0 Å². The van der Waals surface area contributed by atoms with Crippen LogP contribution in [0.4, 0.5) is 0 Å². The van der Waals surface area contributed by atoms with Gasteiger partial charge >= 0.3 is 0 Å². The fourth-order valence-corrected chi connectivity index (χ4v) is 2.56. The number of rotatable bonds is 5. The quantitative estimate of drug-likeness (QED) is 0.753. The Labute approximate surface area is 139 Å². The lowest BCUT2D eigenvalue weighted by Crippen LogP contribution is -2.21. The number of benzene rings is 2. The smallest absolute Gasteiger partial charge is 0.146 e. The number of nitrogens with two attached hydrogens (primary N) is 1. The van der Waals surface area contributed by atoms with E-state index in [0.29, 0.717) is 26.6 Å². The highest BCUT2D eigenvalue weighted by Gasteiger charge is 2.09. The molecule has 0 radical (unpaired) electrons. The molecule has 0 saturated heterocycles. The van der Waals surface area contributed by atoms with Crippen molar-refractivity contribution in [2.45, 2.75) is 25.8 Å². The molecule has 0 saturated carbocycles. The van der Waals surface area contributed by atoms with E-state index in [1.165, 1.54) is 0 Å². The minimum atomic E-state index is 0.111. The first-order chi connectivity index (χ1) is 9.99. The first-order valence-corrected chi connectivity index (χ1v) is 7.80. The van der Waals surface area contributed by atoms with Gasteiger partial charge in [-0.3, -0.25) is 0 Å². The van der Waals surface area contributed by atoms with Crippen LogP contribution in [-0.2, 0) is 6.42 Å². The molecule has 5 heteroatoms. The summed E-state index contributed by atoms with van der Waals surface area (Å²) in [5, 5.41) is 1.66. The lowest BCUT2D eigenvalue weighted by atomic mass is 10.0. The van der Waals surface area contributed by atoms with Crippen molar-refractivity contribution in [1.29, 1.82) is 0 Å². The molecule has 0 heterocycles. The van der Waals surface area contributed by atoms with E-state index in [-0.39, 0.29) is 6.04 Å². The van der Waals surface area contributed by atoms with Gasteiger partial charge in [0, 0.05) is 16.1 Å². The van der Waals surface area contributed by atoms with Crippen molar-refractivity contribution in [2.24, 2.45) is 5.73 Å². The summed E-state index contributed by atoms with van der Waals surface area (Å²) < 4.78 is 5.72. The second-order valence-corrected chi connectivity index (χ2v) is 6.05. The monoisotopic (exact) mass is 343 g/mol. The zero-order valence-corrected chi connectivity index (χ0v) is 13.8. The summed E-state index contributed by atoms with van der Waals surface area (Å²) in [6.45, 7) is 2.05.